The minimum Gasteiger partial charge on any atom is -0.506 e. The molecule has 0 amide bonds. The number of aromatic amines is 1. The molecule has 0 saturated heterocycles. The van der Waals surface area contributed by atoms with Crippen molar-refractivity contribution in [2.24, 2.45) is 0 Å². The zero-order valence-corrected chi connectivity index (χ0v) is 12.9. The molecule has 0 aliphatic carbocycles. The van der Waals surface area contributed by atoms with E-state index in [0.717, 1.165) is 16.7 Å². The lowest BCUT2D eigenvalue weighted by Crippen LogP contribution is -2.18. The van der Waals surface area contributed by atoms with Crippen molar-refractivity contribution in [1.82, 2.24) is 15.0 Å². The number of aromatic nitrogens is 3. The average Bonchev–Trinajstić information content (AvgIpc) is 3.05. The summed E-state index contributed by atoms with van der Waals surface area (Å²) in [5, 5.41) is 10.3. The molecule has 0 aliphatic heterocycles. The number of pyridine rings is 1. The third-order valence-electron chi connectivity index (χ3n) is 3.85. The number of para-hydroxylation sites is 4. The molecule has 0 atom stereocenters. The number of imidazole rings is 1. The van der Waals surface area contributed by atoms with Crippen molar-refractivity contribution in [3.63, 3.8) is 0 Å². The fourth-order valence-corrected chi connectivity index (χ4v) is 2.69. The van der Waals surface area contributed by atoms with Crippen LogP contribution in [-0.4, -0.2) is 20.1 Å². The SMILES string of the molecule is Oc1ccccc1N(Cc1ccccn1)c1nc2ccccc2[nH]1. The van der Waals surface area contributed by atoms with Gasteiger partial charge in [0.15, 0.2) is 0 Å². The van der Waals surface area contributed by atoms with E-state index in [1.165, 1.54) is 0 Å². The van der Waals surface area contributed by atoms with Crippen LogP contribution in [0.15, 0.2) is 72.9 Å². The number of benzene rings is 2. The van der Waals surface area contributed by atoms with E-state index in [1.54, 1.807) is 18.3 Å². The molecule has 0 bridgehead atoms. The monoisotopic (exact) mass is 316 g/mol. The first kappa shape index (κ1) is 14.3. The molecule has 5 heteroatoms. The fourth-order valence-electron chi connectivity index (χ4n) is 2.69. The molecule has 2 heterocycles. The highest BCUT2D eigenvalue weighted by Crippen LogP contribution is 2.33. The van der Waals surface area contributed by atoms with Gasteiger partial charge in [0, 0.05) is 6.20 Å². The summed E-state index contributed by atoms with van der Waals surface area (Å²) in [5.74, 6) is 0.872. The van der Waals surface area contributed by atoms with Crippen LogP contribution in [0, 0.1) is 0 Å². The summed E-state index contributed by atoms with van der Waals surface area (Å²) in [7, 11) is 0. The fraction of sp³-hybridized carbons (Fsp3) is 0.0526. The lowest BCUT2D eigenvalue weighted by Gasteiger charge is -2.22. The Labute approximate surface area is 139 Å². The van der Waals surface area contributed by atoms with Crippen molar-refractivity contribution >= 4 is 22.7 Å². The smallest absolute Gasteiger partial charge is 0.208 e. The predicted octanol–water partition coefficient (Wildman–Crippen LogP) is 4.00. The van der Waals surface area contributed by atoms with Crippen molar-refractivity contribution in [2.45, 2.75) is 6.54 Å². The average molecular weight is 316 g/mol. The molecular formula is C19H16N4O. The summed E-state index contributed by atoms with van der Waals surface area (Å²) in [6.45, 7) is 0.498. The Morgan fingerprint density at radius 3 is 2.50 bits per heavy atom. The van der Waals surface area contributed by atoms with Crippen molar-refractivity contribution in [2.75, 3.05) is 4.90 Å². The number of nitrogens with one attached hydrogen (secondary N) is 1. The van der Waals surface area contributed by atoms with Gasteiger partial charge in [0.1, 0.15) is 5.75 Å². The highest BCUT2D eigenvalue weighted by atomic mass is 16.3. The van der Waals surface area contributed by atoms with Crippen LogP contribution in [0.25, 0.3) is 11.0 Å². The Kier molecular flexibility index (Phi) is 3.59. The van der Waals surface area contributed by atoms with Gasteiger partial charge in [0.2, 0.25) is 5.95 Å². The van der Waals surface area contributed by atoms with Gasteiger partial charge < -0.3 is 15.0 Å². The second-order valence-electron chi connectivity index (χ2n) is 5.47. The maximum atomic E-state index is 10.3. The zero-order valence-electron chi connectivity index (χ0n) is 12.9. The molecule has 2 N–H and O–H groups in total. The van der Waals surface area contributed by atoms with Crippen LogP contribution in [0.3, 0.4) is 0 Å². The van der Waals surface area contributed by atoms with E-state index in [2.05, 4.69) is 15.0 Å². The van der Waals surface area contributed by atoms with Gasteiger partial charge in [-0.05, 0) is 36.4 Å². The number of rotatable bonds is 4. The third kappa shape index (κ3) is 2.67. The third-order valence-corrected chi connectivity index (χ3v) is 3.85. The zero-order chi connectivity index (χ0) is 16.4. The minimum absolute atomic E-state index is 0.203. The molecule has 4 aromatic rings. The minimum atomic E-state index is 0.203. The Morgan fingerprint density at radius 2 is 1.71 bits per heavy atom. The number of nitrogens with zero attached hydrogens (tertiary/aromatic N) is 3. The van der Waals surface area contributed by atoms with Gasteiger partial charge in [-0.3, -0.25) is 4.98 Å². The molecule has 4 rings (SSSR count). The number of hydrogen-bond acceptors (Lipinski definition) is 4. The molecule has 0 fully saturated rings. The van der Waals surface area contributed by atoms with Gasteiger partial charge in [-0.15, -0.1) is 0 Å². The summed E-state index contributed by atoms with van der Waals surface area (Å²) >= 11 is 0. The van der Waals surface area contributed by atoms with Gasteiger partial charge >= 0.3 is 0 Å². The second kappa shape index (κ2) is 6.04. The molecule has 118 valence electrons. The Hall–Kier alpha value is -3.34. The first-order chi connectivity index (χ1) is 11.8. The largest absolute Gasteiger partial charge is 0.506 e. The van der Waals surface area contributed by atoms with Gasteiger partial charge in [-0.2, -0.15) is 0 Å². The van der Waals surface area contributed by atoms with E-state index in [0.29, 0.717) is 18.2 Å². The molecule has 5 nitrogen and oxygen atoms in total. The van der Waals surface area contributed by atoms with E-state index >= 15 is 0 Å². The topological polar surface area (TPSA) is 65.0 Å². The maximum absolute atomic E-state index is 10.3. The quantitative estimate of drug-likeness (QED) is 0.597. The molecule has 0 spiro atoms. The summed E-state index contributed by atoms with van der Waals surface area (Å²) < 4.78 is 0. The van der Waals surface area contributed by atoms with Crippen molar-refractivity contribution in [3.8, 4) is 5.75 Å². The van der Waals surface area contributed by atoms with Crippen LogP contribution in [0.1, 0.15) is 5.69 Å². The molecule has 2 aromatic carbocycles. The molecule has 2 aromatic heterocycles. The normalized spacial score (nSPS) is 10.8. The Balaban J connectivity index is 1.82. The standard InChI is InChI=1S/C19H16N4O/c24-18-11-4-3-10-17(18)23(13-14-7-5-6-12-20-14)19-21-15-8-1-2-9-16(15)22-19/h1-12,24H,13H2,(H,21,22). The van der Waals surface area contributed by atoms with Crippen LogP contribution >= 0.6 is 0 Å². The van der Waals surface area contributed by atoms with E-state index in [-0.39, 0.29) is 5.75 Å². The van der Waals surface area contributed by atoms with Crippen molar-refractivity contribution < 1.29 is 5.11 Å². The molecule has 0 radical (unpaired) electrons. The van der Waals surface area contributed by atoms with E-state index in [4.69, 9.17) is 0 Å². The van der Waals surface area contributed by atoms with Crippen LogP contribution in [0.4, 0.5) is 11.6 Å². The van der Waals surface area contributed by atoms with Gasteiger partial charge in [-0.25, -0.2) is 4.98 Å². The number of H-pyrrole nitrogens is 1. The summed E-state index contributed by atoms with van der Waals surface area (Å²) in [6.07, 6.45) is 1.76. The molecule has 24 heavy (non-hydrogen) atoms. The Bertz CT molecular complexity index is 932. The number of anilines is 2. The van der Waals surface area contributed by atoms with Crippen LogP contribution in [0.5, 0.6) is 5.75 Å². The highest BCUT2D eigenvalue weighted by Gasteiger charge is 2.17. The van der Waals surface area contributed by atoms with Crippen molar-refractivity contribution in [1.29, 1.82) is 0 Å². The maximum Gasteiger partial charge on any atom is 0.208 e. The van der Waals surface area contributed by atoms with E-state index < -0.39 is 0 Å². The van der Waals surface area contributed by atoms with Gasteiger partial charge in [-0.1, -0.05) is 30.3 Å². The summed E-state index contributed by atoms with van der Waals surface area (Å²) in [5.41, 5.74) is 3.41. The molecule has 0 unspecified atom stereocenters. The van der Waals surface area contributed by atoms with Crippen LogP contribution < -0.4 is 4.90 Å². The van der Waals surface area contributed by atoms with Gasteiger partial charge in [0.25, 0.3) is 0 Å². The second-order valence-corrected chi connectivity index (χ2v) is 5.47. The van der Waals surface area contributed by atoms with Crippen molar-refractivity contribution in [3.05, 3.63) is 78.6 Å². The predicted molar refractivity (Wildman–Crippen MR) is 94.3 cm³/mol. The van der Waals surface area contributed by atoms with E-state index in [9.17, 15) is 5.11 Å². The summed E-state index contributed by atoms with van der Waals surface area (Å²) in [6, 6.07) is 20.9. The van der Waals surface area contributed by atoms with Crippen LogP contribution in [-0.2, 0) is 6.54 Å². The van der Waals surface area contributed by atoms with Gasteiger partial charge in [0.05, 0.1) is 29.0 Å². The molecule has 0 saturated carbocycles. The Morgan fingerprint density at radius 1 is 0.917 bits per heavy atom. The van der Waals surface area contributed by atoms with E-state index in [1.807, 2.05) is 59.5 Å². The number of phenols is 1. The first-order valence-electron chi connectivity index (χ1n) is 7.71. The number of hydrogen-bond donors (Lipinski definition) is 2. The van der Waals surface area contributed by atoms with Crippen LogP contribution in [0.2, 0.25) is 0 Å². The molecule has 0 aliphatic rings. The number of fused-ring (bicyclic) bond motifs is 1. The highest BCUT2D eigenvalue weighted by molar-refractivity contribution is 5.79. The molecular weight excluding hydrogens is 300 g/mol. The lowest BCUT2D eigenvalue weighted by molar-refractivity contribution is 0.475. The number of phenolic OH excluding ortho intramolecular Hbond substituents is 1. The summed E-state index contributed by atoms with van der Waals surface area (Å²) in [4.78, 5) is 14.3. The first-order valence-corrected chi connectivity index (χ1v) is 7.71. The lowest BCUT2D eigenvalue weighted by atomic mass is 10.2. The number of aromatic hydroxyl groups is 1.